The van der Waals surface area contributed by atoms with Crippen LogP contribution in [0.2, 0.25) is 0 Å². The molecule has 0 atom stereocenters. The number of aliphatic imine (C=N–C) groups is 1. The Bertz CT molecular complexity index is 827. The van der Waals surface area contributed by atoms with E-state index in [0.29, 0.717) is 31.4 Å². The molecule has 0 bridgehead atoms. The van der Waals surface area contributed by atoms with Crippen LogP contribution in [-0.4, -0.2) is 45.9 Å². The Morgan fingerprint density at radius 1 is 1.03 bits per heavy atom. The Balaban J connectivity index is 1.49. The molecule has 1 aliphatic rings. The van der Waals surface area contributed by atoms with Crippen LogP contribution in [0.4, 0.5) is 10.1 Å². The Labute approximate surface area is 173 Å². The van der Waals surface area contributed by atoms with Gasteiger partial charge in [-0.3, -0.25) is 4.99 Å². The lowest BCUT2D eigenvalue weighted by Gasteiger charge is -2.29. The van der Waals surface area contributed by atoms with Crippen molar-refractivity contribution in [3.8, 4) is 0 Å². The van der Waals surface area contributed by atoms with Gasteiger partial charge in [0.25, 0.3) is 0 Å². The molecule has 1 heterocycles. The molecule has 0 radical (unpaired) electrons. The summed E-state index contributed by atoms with van der Waals surface area (Å²) in [7, 11) is 1.74. The van der Waals surface area contributed by atoms with Crippen LogP contribution in [0.1, 0.15) is 22.3 Å². The summed E-state index contributed by atoms with van der Waals surface area (Å²) in [6.07, 6.45) is 0.923. The zero-order valence-electron chi connectivity index (χ0n) is 17.6. The van der Waals surface area contributed by atoms with E-state index in [1.54, 1.807) is 13.1 Å². The number of aryl methyl sites for hydroxylation is 2. The first-order valence-corrected chi connectivity index (χ1v) is 10.2. The quantitative estimate of drug-likeness (QED) is 0.580. The van der Waals surface area contributed by atoms with E-state index >= 15 is 0 Å². The van der Waals surface area contributed by atoms with Gasteiger partial charge in [0.2, 0.25) is 0 Å². The highest BCUT2D eigenvalue weighted by Gasteiger charge is 2.15. The highest BCUT2D eigenvalue weighted by atomic mass is 19.1. The van der Waals surface area contributed by atoms with Gasteiger partial charge in [-0.15, -0.1) is 0 Å². The van der Waals surface area contributed by atoms with Gasteiger partial charge in [-0.1, -0.05) is 35.4 Å². The van der Waals surface area contributed by atoms with Gasteiger partial charge >= 0.3 is 0 Å². The van der Waals surface area contributed by atoms with Crippen LogP contribution < -0.4 is 15.5 Å². The third-order valence-corrected chi connectivity index (χ3v) is 5.04. The maximum atomic E-state index is 14.5. The second kappa shape index (κ2) is 10.3. The molecule has 2 aromatic carbocycles. The van der Waals surface area contributed by atoms with Crippen LogP contribution in [0.3, 0.4) is 0 Å². The minimum atomic E-state index is -0.191. The van der Waals surface area contributed by atoms with E-state index in [9.17, 15) is 4.39 Å². The number of hydrogen-bond donors (Lipinski definition) is 2. The standard InChI is InChI=1S/C23H31FN4O/c1-17-12-18(2)14-19(13-17)6-7-26-23(25-3)27-16-20-4-5-22(21(24)15-20)28-8-10-29-11-9-28/h4-5,12-15H,6-11,16H2,1-3H3,(H2,25,26,27). The number of anilines is 1. The third kappa shape index (κ3) is 6.19. The lowest BCUT2D eigenvalue weighted by Crippen LogP contribution is -2.38. The SMILES string of the molecule is CN=C(NCCc1cc(C)cc(C)c1)NCc1ccc(N2CCOCC2)c(F)c1. The molecule has 6 heteroatoms. The number of ether oxygens (including phenoxy) is 1. The predicted octanol–water partition coefficient (Wildman–Crippen LogP) is 3.19. The Hall–Kier alpha value is -2.60. The molecular formula is C23H31FN4O. The van der Waals surface area contributed by atoms with Gasteiger partial charge in [0, 0.05) is 33.2 Å². The van der Waals surface area contributed by atoms with Crippen molar-refractivity contribution >= 4 is 11.6 Å². The molecule has 2 N–H and O–H groups in total. The first-order chi connectivity index (χ1) is 14.0. The summed E-state index contributed by atoms with van der Waals surface area (Å²) >= 11 is 0. The molecule has 0 unspecified atom stereocenters. The lowest BCUT2D eigenvalue weighted by molar-refractivity contribution is 0.122. The molecule has 0 amide bonds. The van der Waals surface area contributed by atoms with Gasteiger partial charge in [-0.2, -0.15) is 0 Å². The second-order valence-corrected chi connectivity index (χ2v) is 7.48. The van der Waals surface area contributed by atoms with Gasteiger partial charge < -0.3 is 20.3 Å². The van der Waals surface area contributed by atoms with E-state index < -0.39 is 0 Å². The molecule has 0 saturated carbocycles. The monoisotopic (exact) mass is 398 g/mol. The van der Waals surface area contributed by atoms with E-state index in [1.807, 2.05) is 17.0 Å². The zero-order chi connectivity index (χ0) is 20.6. The summed E-state index contributed by atoms with van der Waals surface area (Å²) in [6.45, 7) is 8.29. The van der Waals surface area contributed by atoms with Crippen molar-refractivity contribution in [1.29, 1.82) is 0 Å². The van der Waals surface area contributed by atoms with Gasteiger partial charge in [0.15, 0.2) is 5.96 Å². The lowest BCUT2D eigenvalue weighted by atomic mass is 10.1. The molecule has 1 aliphatic heterocycles. The fraction of sp³-hybridized carbons (Fsp3) is 0.435. The average molecular weight is 399 g/mol. The van der Waals surface area contributed by atoms with Crippen LogP contribution in [0.5, 0.6) is 0 Å². The zero-order valence-corrected chi connectivity index (χ0v) is 17.6. The van der Waals surface area contributed by atoms with E-state index in [1.165, 1.54) is 16.7 Å². The summed E-state index contributed by atoms with van der Waals surface area (Å²) in [5.41, 5.74) is 5.41. The molecular weight excluding hydrogens is 367 g/mol. The predicted molar refractivity (Wildman–Crippen MR) is 117 cm³/mol. The smallest absolute Gasteiger partial charge is 0.191 e. The largest absolute Gasteiger partial charge is 0.378 e. The summed E-state index contributed by atoms with van der Waals surface area (Å²) in [5, 5.41) is 6.59. The molecule has 3 rings (SSSR count). The van der Waals surface area contributed by atoms with Crippen molar-refractivity contribution in [2.24, 2.45) is 4.99 Å². The van der Waals surface area contributed by atoms with Crippen molar-refractivity contribution < 1.29 is 9.13 Å². The number of guanidine groups is 1. The number of morpholine rings is 1. The summed E-state index contributed by atoms with van der Waals surface area (Å²) in [5.74, 6) is 0.524. The van der Waals surface area contributed by atoms with E-state index in [2.05, 4.69) is 47.7 Å². The minimum absolute atomic E-state index is 0.191. The van der Waals surface area contributed by atoms with Crippen LogP contribution in [-0.2, 0) is 17.7 Å². The van der Waals surface area contributed by atoms with Crippen molar-refractivity contribution in [2.75, 3.05) is 44.8 Å². The van der Waals surface area contributed by atoms with Crippen molar-refractivity contribution in [1.82, 2.24) is 10.6 Å². The average Bonchev–Trinajstić information content (AvgIpc) is 2.70. The first-order valence-electron chi connectivity index (χ1n) is 10.2. The maximum absolute atomic E-state index is 14.5. The molecule has 5 nitrogen and oxygen atoms in total. The second-order valence-electron chi connectivity index (χ2n) is 7.48. The van der Waals surface area contributed by atoms with E-state index in [4.69, 9.17) is 4.74 Å². The van der Waals surface area contributed by atoms with Gasteiger partial charge in [-0.25, -0.2) is 4.39 Å². The Kier molecular flexibility index (Phi) is 7.47. The van der Waals surface area contributed by atoms with Gasteiger partial charge in [0.05, 0.1) is 18.9 Å². The molecule has 2 aromatic rings. The van der Waals surface area contributed by atoms with Crippen LogP contribution in [0.15, 0.2) is 41.4 Å². The summed E-state index contributed by atoms with van der Waals surface area (Å²) in [6, 6.07) is 12.0. The molecule has 0 aliphatic carbocycles. The highest BCUT2D eigenvalue weighted by molar-refractivity contribution is 5.79. The first kappa shape index (κ1) is 21.1. The summed E-state index contributed by atoms with van der Waals surface area (Å²) in [4.78, 5) is 6.29. The van der Waals surface area contributed by atoms with E-state index in [-0.39, 0.29) is 5.82 Å². The molecule has 1 saturated heterocycles. The van der Waals surface area contributed by atoms with Crippen LogP contribution in [0.25, 0.3) is 0 Å². The number of rotatable bonds is 6. The molecule has 156 valence electrons. The van der Waals surface area contributed by atoms with Gasteiger partial charge in [0.1, 0.15) is 5.82 Å². The van der Waals surface area contributed by atoms with Crippen molar-refractivity contribution in [2.45, 2.75) is 26.8 Å². The highest BCUT2D eigenvalue weighted by Crippen LogP contribution is 2.21. The minimum Gasteiger partial charge on any atom is -0.378 e. The van der Waals surface area contributed by atoms with Crippen molar-refractivity contribution in [3.05, 3.63) is 64.5 Å². The molecule has 0 aromatic heterocycles. The van der Waals surface area contributed by atoms with Crippen molar-refractivity contribution in [3.63, 3.8) is 0 Å². The Morgan fingerprint density at radius 2 is 1.76 bits per heavy atom. The topological polar surface area (TPSA) is 48.9 Å². The fourth-order valence-corrected chi connectivity index (χ4v) is 3.67. The van der Waals surface area contributed by atoms with E-state index in [0.717, 1.165) is 31.6 Å². The van der Waals surface area contributed by atoms with Crippen LogP contribution >= 0.6 is 0 Å². The molecule has 1 fully saturated rings. The third-order valence-electron chi connectivity index (χ3n) is 5.04. The number of nitrogens with one attached hydrogen (secondary N) is 2. The fourth-order valence-electron chi connectivity index (χ4n) is 3.67. The number of benzene rings is 2. The summed E-state index contributed by atoms with van der Waals surface area (Å²) < 4.78 is 19.9. The van der Waals surface area contributed by atoms with Crippen LogP contribution in [0, 0.1) is 19.7 Å². The normalized spacial score (nSPS) is 14.8. The number of halogens is 1. The van der Waals surface area contributed by atoms with Gasteiger partial charge in [-0.05, 0) is 43.5 Å². The molecule has 0 spiro atoms. The Morgan fingerprint density at radius 3 is 2.41 bits per heavy atom. The molecule has 29 heavy (non-hydrogen) atoms. The number of hydrogen-bond acceptors (Lipinski definition) is 3. The number of nitrogens with zero attached hydrogens (tertiary/aromatic N) is 2. The maximum Gasteiger partial charge on any atom is 0.191 e.